The normalized spacial score (nSPS) is 10.2. The van der Waals surface area contributed by atoms with E-state index in [1.165, 1.54) is 17.9 Å². The molecule has 94 valence electrons. The molecule has 17 heavy (non-hydrogen) atoms. The van der Waals surface area contributed by atoms with Gasteiger partial charge in [-0.1, -0.05) is 0 Å². The van der Waals surface area contributed by atoms with E-state index in [1.807, 2.05) is 0 Å². The molecule has 0 unspecified atom stereocenters. The number of aromatic nitrogens is 1. The van der Waals surface area contributed by atoms with Crippen molar-refractivity contribution in [3.8, 4) is 5.75 Å². The van der Waals surface area contributed by atoms with E-state index in [9.17, 15) is 14.7 Å². The molecular formula is C11H15NO5. The van der Waals surface area contributed by atoms with Gasteiger partial charge in [-0.3, -0.25) is 4.79 Å². The Hall–Kier alpha value is -1.82. The van der Waals surface area contributed by atoms with Crippen LogP contribution in [0.2, 0.25) is 0 Å². The number of aromatic hydroxyl groups is 1. The fraction of sp³-hybridized carbons (Fsp3) is 0.455. The predicted octanol–water partition coefficient (Wildman–Crippen LogP) is 0.377. The minimum atomic E-state index is -0.656. The Morgan fingerprint density at radius 1 is 1.53 bits per heavy atom. The molecule has 0 aliphatic rings. The van der Waals surface area contributed by atoms with E-state index in [1.54, 1.807) is 6.92 Å². The number of carbonyl (C=O) groups excluding carboxylic acids is 1. The third-order valence-corrected chi connectivity index (χ3v) is 2.14. The predicted molar refractivity (Wildman–Crippen MR) is 60.2 cm³/mol. The zero-order chi connectivity index (χ0) is 12.8. The van der Waals surface area contributed by atoms with Crippen LogP contribution in [-0.4, -0.2) is 36.0 Å². The van der Waals surface area contributed by atoms with Crippen molar-refractivity contribution in [2.75, 3.05) is 20.3 Å². The molecule has 1 rings (SSSR count). The number of pyridine rings is 1. The molecule has 0 bridgehead atoms. The van der Waals surface area contributed by atoms with Crippen LogP contribution in [0.3, 0.4) is 0 Å². The minimum Gasteiger partial charge on any atom is -0.507 e. The van der Waals surface area contributed by atoms with Crippen molar-refractivity contribution in [2.45, 2.75) is 13.5 Å². The summed E-state index contributed by atoms with van der Waals surface area (Å²) >= 11 is 0. The summed E-state index contributed by atoms with van der Waals surface area (Å²) in [4.78, 5) is 22.9. The molecule has 6 nitrogen and oxygen atoms in total. The van der Waals surface area contributed by atoms with Gasteiger partial charge in [-0.15, -0.1) is 0 Å². The highest BCUT2D eigenvalue weighted by Gasteiger charge is 2.14. The largest absolute Gasteiger partial charge is 0.507 e. The first-order chi connectivity index (χ1) is 8.10. The van der Waals surface area contributed by atoms with Crippen molar-refractivity contribution in [3.05, 3.63) is 28.2 Å². The lowest BCUT2D eigenvalue weighted by atomic mass is 10.2. The second-order valence-electron chi connectivity index (χ2n) is 3.32. The molecule has 1 aromatic heterocycles. The molecular weight excluding hydrogens is 226 g/mol. The Kier molecular flexibility index (Phi) is 4.71. The van der Waals surface area contributed by atoms with Gasteiger partial charge in [0.15, 0.2) is 0 Å². The van der Waals surface area contributed by atoms with Gasteiger partial charge in [0.05, 0.1) is 13.2 Å². The first kappa shape index (κ1) is 13.2. The van der Waals surface area contributed by atoms with Crippen LogP contribution in [0.25, 0.3) is 0 Å². The summed E-state index contributed by atoms with van der Waals surface area (Å²) in [5.74, 6) is -1.03. The quantitative estimate of drug-likeness (QED) is 0.754. The molecule has 0 aliphatic carbocycles. The molecule has 0 spiro atoms. The SMILES string of the molecule is CCOC(=O)c1cn(CCOC)c(=O)cc1O. The summed E-state index contributed by atoms with van der Waals surface area (Å²) in [5, 5.41) is 9.49. The van der Waals surface area contributed by atoms with Gasteiger partial charge >= 0.3 is 5.97 Å². The van der Waals surface area contributed by atoms with Crippen molar-refractivity contribution in [1.29, 1.82) is 0 Å². The van der Waals surface area contributed by atoms with E-state index < -0.39 is 11.5 Å². The van der Waals surface area contributed by atoms with Gasteiger partial charge in [0.1, 0.15) is 11.3 Å². The average molecular weight is 241 g/mol. The first-order valence-electron chi connectivity index (χ1n) is 5.19. The van der Waals surface area contributed by atoms with Crippen LogP contribution in [0, 0.1) is 0 Å². The summed E-state index contributed by atoms with van der Waals surface area (Å²) in [5.41, 5.74) is -0.421. The Labute approximate surface area is 98.4 Å². The van der Waals surface area contributed by atoms with E-state index in [4.69, 9.17) is 9.47 Å². The number of esters is 1. The van der Waals surface area contributed by atoms with E-state index in [0.29, 0.717) is 13.2 Å². The zero-order valence-electron chi connectivity index (χ0n) is 9.80. The summed E-state index contributed by atoms with van der Waals surface area (Å²) in [6.45, 7) is 2.51. The van der Waals surface area contributed by atoms with Crippen LogP contribution in [0.15, 0.2) is 17.1 Å². The number of methoxy groups -OCH3 is 1. The fourth-order valence-corrected chi connectivity index (χ4v) is 1.29. The van der Waals surface area contributed by atoms with Gasteiger partial charge in [0.25, 0.3) is 5.56 Å². The molecule has 1 aromatic rings. The smallest absolute Gasteiger partial charge is 0.343 e. The molecule has 0 aliphatic heterocycles. The molecule has 0 amide bonds. The van der Waals surface area contributed by atoms with Crippen molar-refractivity contribution in [1.82, 2.24) is 4.57 Å². The van der Waals surface area contributed by atoms with Gasteiger partial charge in [0.2, 0.25) is 0 Å². The van der Waals surface area contributed by atoms with Crippen LogP contribution >= 0.6 is 0 Å². The van der Waals surface area contributed by atoms with Crippen LogP contribution in [-0.2, 0) is 16.0 Å². The van der Waals surface area contributed by atoms with E-state index in [2.05, 4.69) is 0 Å². The topological polar surface area (TPSA) is 77.8 Å². The average Bonchev–Trinajstić information content (AvgIpc) is 2.28. The number of nitrogens with zero attached hydrogens (tertiary/aromatic N) is 1. The van der Waals surface area contributed by atoms with Crippen LogP contribution in [0.5, 0.6) is 5.75 Å². The van der Waals surface area contributed by atoms with Gasteiger partial charge in [-0.05, 0) is 6.92 Å². The van der Waals surface area contributed by atoms with Crippen molar-refractivity contribution < 1.29 is 19.4 Å². The number of ether oxygens (including phenoxy) is 2. The maximum Gasteiger partial charge on any atom is 0.343 e. The van der Waals surface area contributed by atoms with Crippen LogP contribution in [0.4, 0.5) is 0 Å². The number of hydrogen-bond acceptors (Lipinski definition) is 5. The summed E-state index contributed by atoms with van der Waals surface area (Å²) in [6.07, 6.45) is 1.27. The number of rotatable bonds is 5. The molecule has 0 saturated carbocycles. The lowest BCUT2D eigenvalue weighted by Gasteiger charge is -2.08. The summed E-state index contributed by atoms with van der Waals surface area (Å²) in [7, 11) is 1.51. The highest BCUT2D eigenvalue weighted by Crippen LogP contribution is 2.14. The Balaban J connectivity index is 3.05. The zero-order valence-corrected chi connectivity index (χ0v) is 9.80. The van der Waals surface area contributed by atoms with E-state index in [0.717, 1.165) is 6.07 Å². The van der Waals surface area contributed by atoms with E-state index >= 15 is 0 Å². The summed E-state index contributed by atoms with van der Waals surface area (Å²) < 4.78 is 10.9. The fourth-order valence-electron chi connectivity index (χ4n) is 1.29. The summed E-state index contributed by atoms with van der Waals surface area (Å²) in [6, 6.07) is 0.988. The highest BCUT2D eigenvalue weighted by atomic mass is 16.5. The molecule has 0 fully saturated rings. The van der Waals surface area contributed by atoms with E-state index in [-0.39, 0.29) is 17.9 Å². The lowest BCUT2D eigenvalue weighted by molar-refractivity contribution is 0.0521. The van der Waals surface area contributed by atoms with Crippen molar-refractivity contribution in [3.63, 3.8) is 0 Å². The highest BCUT2D eigenvalue weighted by molar-refractivity contribution is 5.91. The van der Waals surface area contributed by atoms with Crippen molar-refractivity contribution >= 4 is 5.97 Å². The molecule has 1 heterocycles. The van der Waals surface area contributed by atoms with Crippen LogP contribution < -0.4 is 5.56 Å². The number of hydrogen-bond donors (Lipinski definition) is 1. The van der Waals surface area contributed by atoms with Crippen LogP contribution in [0.1, 0.15) is 17.3 Å². The lowest BCUT2D eigenvalue weighted by Crippen LogP contribution is -2.22. The molecule has 0 radical (unpaired) electrons. The maximum atomic E-state index is 11.5. The Morgan fingerprint density at radius 2 is 2.24 bits per heavy atom. The number of carbonyl (C=O) groups is 1. The monoisotopic (exact) mass is 241 g/mol. The van der Waals surface area contributed by atoms with Gasteiger partial charge in [-0.2, -0.15) is 0 Å². The molecule has 0 aromatic carbocycles. The third-order valence-electron chi connectivity index (χ3n) is 2.14. The standard InChI is InChI=1S/C11H15NO5/c1-3-17-11(15)8-7-12(4-5-16-2)10(14)6-9(8)13/h6-7,13H,3-5H2,1-2H3. The first-order valence-corrected chi connectivity index (χ1v) is 5.19. The van der Waals surface area contributed by atoms with Gasteiger partial charge < -0.3 is 19.1 Å². The Morgan fingerprint density at radius 3 is 2.82 bits per heavy atom. The van der Waals surface area contributed by atoms with Gasteiger partial charge in [-0.25, -0.2) is 4.79 Å². The van der Waals surface area contributed by atoms with Crippen molar-refractivity contribution in [2.24, 2.45) is 0 Å². The molecule has 1 N–H and O–H groups in total. The second-order valence-corrected chi connectivity index (χ2v) is 3.32. The minimum absolute atomic E-state index is 0.0254. The molecule has 6 heteroatoms. The molecule has 0 saturated heterocycles. The maximum absolute atomic E-state index is 11.5. The Bertz CT molecular complexity index is 452. The third kappa shape index (κ3) is 3.32. The van der Waals surface area contributed by atoms with Gasteiger partial charge in [0, 0.05) is 25.9 Å². The second kappa shape index (κ2) is 6.05. The molecule has 0 atom stereocenters.